The number of hydrogen-bond donors (Lipinski definition) is 2. The van der Waals surface area contributed by atoms with E-state index in [-0.39, 0.29) is 11.3 Å². The summed E-state index contributed by atoms with van der Waals surface area (Å²) < 4.78 is 2.05. The van der Waals surface area contributed by atoms with Gasteiger partial charge in [-0.25, -0.2) is 0 Å². The first-order valence-electron chi connectivity index (χ1n) is 11.9. The average Bonchev–Trinajstić information content (AvgIpc) is 3.22. The van der Waals surface area contributed by atoms with Crippen LogP contribution in [0, 0.1) is 6.92 Å². The molecule has 0 radical (unpaired) electrons. The number of pyridine rings is 1. The van der Waals surface area contributed by atoms with Crippen molar-refractivity contribution >= 4 is 27.6 Å². The fourth-order valence-corrected chi connectivity index (χ4v) is 5.08. The van der Waals surface area contributed by atoms with Gasteiger partial charge in [-0.15, -0.1) is 0 Å². The van der Waals surface area contributed by atoms with Crippen LogP contribution in [-0.4, -0.2) is 20.4 Å². The number of nitrogens with one attached hydrogen (secondary N) is 1. The second-order valence-corrected chi connectivity index (χ2v) is 9.28. The Morgan fingerprint density at radius 3 is 2.25 bits per heavy atom. The highest BCUT2D eigenvalue weighted by molar-refractivity contribution is 6.15. The molecule has 5 heteroatoms. The molecule has 176 valence electrons. The number of ketones is 1. The van der Waals surface area contributed by atoms with Gasteiger partial charge in [-0.05, 0) is 48.4 Å². The zero-order valence-corrected chi connectivity index (χ0v) is 19.7. The SMILES string of the molecule is Cc1ccc(Cn2c3ccccc3c3c(-c4ccccc4)c(C4(O)C=CC(=O)C=C4)[nH]c(=O)c32)cc1. The number of para-hydroxylation sites is 1. The molecule has 3 aromatic carbocycles. The number of aryl methyl sites for hydroxylation is 1. The van der Waals surface area contributed by atoms with Gasteiger partial charge in [-0.2, -0.15) is 0 Å². The molecule has 2 N–H and O–H groups in total. The first-order chi connectivity index (χ1) is 17.4. The van der Waals surface area contributed by atoms with Gasteiger partial charge in [-0.1, -0.05) is 78.4 Å². The lowest BCUT2D eigenvalue weighted by Crippen LogP contribution is -2.29. The van der Waals surface area contributed by atoms with Crippen molar-refractivity contribution in [3.05, 3.63) is 130 Å². The number of nitrogens with zero attached hydrogens (tertiary/aromatic N) is 1. The van der Waals surface area contributed by atoms with Crippen molar-refractivity contribution in [2.75, 3.05) is 0 Å². The largest absolute Gasteiger partial charge is 0.376 e. The summed E-state index contributed by atoms with van der Waals surface area (Å²) in [6.07, 6.45) is 5.53. The minimum Gasteiger partial charge on any atom is -0.376 e. The molecule has 6 rings (SSSR count). The molecule has 0 fully saturated rings. The molecule has 5 nitrogen and oxygen atoms in total. The van der Waals surface area contributed by atoms with E-state index in [4.69, 9.17) is 0 Å². The zero-order valence-electron chi connectivity index (χ0n) is 19.7. The average molecular weight is 473 g/mol. The van der Waals surface area contributed by atoms with Gasteiger partial charge < -0.3 is 14.7 Å². The molecule has 0 bridgehead atoms. The van der Waals surface area contributed by atoms with Crippen LogP contribution < -0.4 is 5.56 Å². The highest BCUT2D eigenvalue weighted by atomic mass is 16.3. The van der Waals surface area contributed by atoms with Gasteiger partial charge in [0.25, 0.3) is 5.56 Å². The lowest BCUT2D eigenvalue weighted by molar-refractivity contribution is -0.110. The number of carbonyl (C=O) groups is 1. The second-order valence-electron chi connectivity index (χ2n) is 9.28. The zero-order chi connectivity index (χ0) is 24.9. The van der Waals surface area contributed by atoms with E-state index in [0.29, 0.717) is 17.8 Å². The summed E-state index contributed by atoms with van der Waals surface area (Å²) in [6, 6.07) is 26.0. The Bertz CT molecular complexity index is 1740. The van der Waals surface area contributed by atoms with E-state index in [0.717, 1.165) is 33.0 Å². The van der Waals surface area contributed by atoms with Crippen LogP contribution >= 0.6 is 0 Å². The summed E-state index contributed by atoms with van der Waals surface area (Å²) in [5, 5.41) is 13.3. The Morgan fingerprint density at radius 1 is 0.861 bits per heavy atom. The molecule has 0 unspecified atom stereocenters. The lowest BCUT2D eigenvalue weighted by Gasteiger charge is -2.26. The summed E-state index contributed by atoms with van der Waals surface area (Å²) >= 11 is 0. The monoisotopic (exact) mass is 472 g/mol. The van der Waals surface area contributed by atoms with Gasteiger partial charge in [-0.3, -0.25) is 9.59 Å². The molecule has 2 aromatic heterocycles. The van der Waals surface area contributed by atoms with E-state index in [2.05, 4.69) is 36.2 Å². The fourth-order valence-electron chi connectivity index (χ4n) is 5.08. The van der Waals surface area contributed by atoms with Crippen LogP contribution in [0.2, 0.25) is 0 Å². The normalized spacial score (nSPS) is 14.7. The number of rotatable bonds is 4. The first-order valence-corrected chi connectivity index (χ1v) is 11.9. The maximum absolute atomic E-state index is 13.8. The predicted molar refractivity (Wildman–Crippen MR) is 143 cm³/mol. The highest BCUT2D eigenvalue weighted by Gasteiger charge is 2.33. The number of aliphatic hydroxyl groups is 1. The van der Waals surface area contributed by atoms with Crippen LogP contribution in [0.3, 0.4) is 0 Å². The number of fused-ring (bicyclic) bond motifs is 3. The number of H-pyrrole nitrogens is 1. The van der Waals surface area contributed by atoms with Crippen LogP contribution in [0.1, 0.15) is 16.8 Å². The Hall–Kier alpha value is -4.48. The number of allylic oxidation sites excluding steroid dienone is 2. The van der Waals surface area contributed by atoms with Crippen molar-refractivity contribution in [3.63, 3.8) is 0 Å². The van der Waals surface area contributed by atoms with Crippen LogP contribution in [-0.2, 0) is 16.9 Å². The van der Waals surface area contributed by atoms with Crippen LogP contribution in [0.4, 0.5) is 0 Å². The molecule has 0 saturated carbocycles. The fraction of sp³-hybridized carbons (Fsp3) is 0.0968. The van der Waals surface area contributed by atoms with Gasteiger partial charge >= 0.3 is 0 Å². The number of aromatic amines is 1. The molecule has 0 amide bonds. The summed E-state index contributed by atoms with van der Waals surface area (Å²) in [4.78, 5) is 28.6. The number of benzene rings is 3. The molecule has 36 heavy (non-hydrogen) atoms. The lowest BCUT2D eigenvalue weighted by atomic mass is 9.86. The van der Waals surface area contributed by atoms with Crippen molar-refractivity contribution in [2.24, 2.45) is 0 Å². The third kappa shape index (κ3) is 3.53. The first kappa shape index (κ1) is 22.0. The van der Waals surface area contributed by atoms with E-state index >= 15 is 0 Å². The van der Waals surface area contributed by atoms with Crippen molar-refractivity contribution in [2.45, 2.75) is 19.1 Å². The summed E-state index contributed by atoms with van der Waals surface area (Å²) in [6.45, 7) is 2.58. The summed E-state index contributed by atoms with van der Waals surface area (Å²) in [7, 11) is 0. The Kier molecular flexibility index (Phi) is 5.09. The van der Waals surface area contributed by atoms with Crippen LogP contribution in [0.15, 0.2) is 108 Å². The van der Waals surface area contributed by atoms with Crippen LogP contribution in [0.5, 0.6) is 0 Å². The van der Waals surface area contributed by atoms with E-state index in [1.165, 1.54) is 29.9 Å². The summed E-state index contributed by atoms with van der Waals surface area (Å²) in [5.41, 5.74) is 3.74. The molecular formula is C31H24N2O3. The van der Waals surface area contributed by atoms with Crippen molar-refractivity contribution in [1.82, 2.24) is 9.55 Å². The molecular weight excluding hydrogens is 448 g/mol. The van der Waals surface area contributed by atoms with Crippen molar-refractivity contribution in [1.29, 1.82) is 0 Å². The van der Waals surface area contributed by atoms with E-state index in [9.17, 15) is 14.7 Å². The third-order valence-corrected chi connectivity index (χ3v) is 6.85. The van der Waals surface area contributed by atoms with E-state index in [1.807, 2.05) is 59.2 Å². The highest BCUT2D eigenvalue weighted by Crippen LogP contribution is 2.41. The third-order valence-electron chi connectivity index (χ3n) is 6.85. The Balaban J connectivity index is 1.74. The Labute approximate surface area is 207 Å². The maximum atomic E-state index is 13.8. The quantitative estimate of drug-likeness (QED) is 0.368. The molecule has 0 spiro atoms. The molecule has 2 heterocycles. The van der Waals surface area contributed by atoms with E-state index < -0.39 is 5.60 Å². The second kappa shape index (κ2) is 8.33. The Morgan fingerprint density at radius 2 is 1.53 bits per heavy atom. The molecule has 0 saturated heterocycles. The minimum atomic E-state index is -1.63. The van der Waals surface area contributed by atoms with Gasteiger partial charge in [0.2, 0.25) is 0 Å². The van der Waals surface area contributed by atoms with Gasteiger partial charge in [0.05, 0.1) is 5.69 Å². The number of carbonyl (C=O) groups excluding carboxylic acids is 1. The van der Waals surface area contributed by atoms with Crippen LogP contribution in [0.25, 0.3) is 32.9 Å². The molecule has 0 aliphatic heterocycles. The van der Waals surface area contributed by atoms with Crippen molar-refractivity contribution in [3.8, 4) is 11.1 Å². The van der Waals surface area contributed by atoms with Crippen molar-refractivity contribution < 1.29 is 9.90 Å². The molecule has 5 aromatic rings. The molecule has 0 atom stereocenters. The van der Waals surface area contributed by atoms with Gasteiger partial charge in [0, 0.05) is 28.4 Å². The van der Waals surface area contributed by atoms with Gasteiger partial charge in [0.15, 0.2) is 5.78 Å². The predicted octanol–water partition coefficient (Wildman–Crippen LogP) is 5.39. The smallest absolute Gasteiger partial charge is 0.272 e. The van der Waals surface area contributed by atoms with Gasteiger partial charge in [0.1, 0.15) is 11.1 Å². The minimum absolute atomic E-state index is 0.209. The molecule has 1 aliphatic carbocycles. The standard InChI is InChI=1S/C31H24N2O3/c1-20-11-13-21(14-12-20)19-33-25-10-6-5-9-24(25)27-26(22-7-3-2-4-8-22)29(32-30(35)28(27)33)31(36)17-15-23(34)16-18-31/h2-18,36H,19H2,1H3,(H,32,35). The van der Waals surface area contributed by atoms with E-state index in [1.54, 1.807) is 0 Å². The maximum Gasteiger partial charge on any atom is 0.272 e. The summed E-state index contributed by atoms with van der Waals surface area (Å²) in [5.74, 6) is -0.209. The number of aromatic nitrogens is 2. The topological polar surface area (TPSA) is 75.1 Å². The molecule has 1 aliphatic rings. The number of hydrogen-bond acceptors (Lipinski definition) is 3.